The molecule has 7 heteroatoms. The number of hydrogen-bond acceptors (Lipinski definition) is 5. The maximum atomic E-state index is 11.0. The number of aliphatic hydroxyl groups is 2. The molecule has 0 aromatic carbocycles. The highest BCUT2D eigenvalue weighted by Gasteiger charge is 2.50. The van der Waals surface area contributed by atoms with Crippen LogP contribution in [0.3, 0.4) is 0 Å². The van der Waals surface area contributed by atoms with Gasteiger partial charge in [0, 0.05) is 11.8 Å². The first-order chi connectivity index (χ1) is 15.5. The number of anilines is 1. The smallest absolute Gasteiger partial charge is 0.307 e. The number of hydrogen-bond donors (Lipinski definition) is 3. The van der Waals surface area contributed by atoms with Crippen molar-refractivity contribution in [2.75, 3.05) is 5.73 Å². The number of fused-ring (bicyclic) bond motifs is 1. The molecule has 2 heterocycles. The second-order valence-corrected chi connectivity index (χ2v) is 11.1. The van der Waals surface area contributed by atoms with Crippen molar-refractivity contribution < 1.29 is 14.8 Å². The number of aryl methyl sites for hydroxylation is 1. The molecular formula is C26H40N5O2+. The molecule has 0 bridgehead atoms. The summed E-state index contributed by atoms with van der Waals surface area (Å²) in [6, 6.07) is 0. The van der Waals surface area contributed by atoms with E-state index >= 15 is 0 Å². The van der Waals surface area contributed by atoms with Gasteiger partial charge >= 0.3 is 5.65 Å². The Morgan fingerprint density at radius 1 is 1.30 bits per heavy atom. The van der Waals surface area contributed by atoms with Crippen molar-refractivity contribution >= 4 is 17.0 Å². The molecule has 4 atom stereocenters. The van der Waals surface area contributed by atoms with Gasteiger partial charge in [0.25, 0.3) is 0 Å². The molecule has 0 fully saturated rings. The molecule has 0 saturated heterocycles. The molecule has 2 aromatic rings. The van der Waals surface area contributed by atoms with Crippen LogP contribution in [0.2, 0.25) is 0 Å². The summed E-state index contributed by atoms with van der Waals surface area (Å²) >= 11 is 0. The molecule has 0 radical (unpaired) electrons. The van der Waals surface area contributed by atoms with Gasteiger partial charge in [0.1, 0.15) is 0 Å². The number of aliphatic hydroxyl groups excluding tert-OH is 2. The summed E-state index contributed by atoms with van der Waals surface area (Å²) in [6.07, 6.45) is 9.19. The van der Waals surface area contributed by atoms with E-state index in [-0.39, 0.29) is 10.8 Å². The van der Waals surface area contributed by atoms with Crippen molar-refractivity contribution in [2.45, 2.75) is 85.5 Å². The Balaban J connectivity index is 1.56. The summed E-state index contributed by atoms with van der Waals surface area (Å²) in [7, 11) is 1.96. The fourth-order valence-electron chi connectivity index (χ4n) is 6.07. The van der Waals surface area contributed by atoms with E-state index < -0.39 is 12.2 Å². The van der Waals surface area contributed by atoms with Crippen LogP contribution in [0, 0.1) is 16.7 Å². The van der Waals surface area contributed by atoms with Crippen molar-refractivity contribution in [3.05, 3.63) is 35.4 Å². The summed E-state index contributed by atoms with van der Waals surface area (Å²) in [5.74, 6) is 0.986. The molecule has 4 unspecified atom stereocenters. The fourth-order valence-corrected chi connectivity index (χ4v) is 6.07. The molecule has 33 heavy (non-hydrogen) atoms. The van der Waals surface area contributed by atoms with Gasteiger partial charge in [-0.05, 0) is 49.5 Å². The molecule has 180 valence electrons. The minimum atomic E-state index is -0.547. The molecule has 4 rings (SSSR count). The Morgan fingerprint density at radius 2 is 2.03 bits per heavy atom. The maximum absolute atomic E-state index is 11.0. The summed E-state index contributed by atoms with van der Waals surface area (Å²) in [5.41, 5.74) is 11.3. The molecule has 4 N–H and O–H groups in total. The summed E-state index contributed by atoms with van der Waals surface area (Å²) in [5, 5.41) is 21.7. The molecule has 7 nitrogen and oxygen atoms in total. The van der Waals surface area contributed by atoms with Crippen molar-refractivity contribution in [3.8, 4) is 0 Å². The fraction of sp³-hybridized carbons (Fsp3) is 0.654. The Labute approximate surface area is 197 Å². The first-order valence-corrected chi connectivity index (χ1v) is 12.2. The third-order valence-electron chi connectivity index (χ3n) is 8.69. The van der Waals surface area contributed by atoms with Crippen LogP contribution in [0.25, 0.3) is 11.2 Å². The summed E-state index contributed by atoms with van der Waals surface area (Å²) < 4.78 is 4.06. The Hall–Kier alpha value is -2.25. The number of allylic oxidation sites excluding steroid dienone is 2. The zero-order valence-corrected chi connectivity index (χ0v) is 21.0. The Morgan fingerprint density at radius 3 is 2.76 bits per heavy atom. The van der Waals surface area contributed by atoms with E-state index in [0.29, 0.717) is 24.7 Å². The van der Waals surface area contributed by atoms with Gasteiger partial charge in [-0.15, -0.1) is 0 Å². The van der Waals surface area contributed by atoms with Crippen LogP contribution in [0.4, 0.5) is 5.82 Å². The number of rotatable bonds is 5. The van der Waals surface area contributed by atoms with E-state index in [1.807, 2.05) is 17.9 Å². The normalized spacial score (nSPS) is 30.1. The van der Waals surface area contributed by atoms with Crippen LogP contribution in [0.5, 0.6) is 0 Å². The van der Waals surface area contributed by atoms with Gasteiger partial charge in [0.15, 0.2) is 18.5 Å². The molecule has 2 aliphatic rings. The molecule has 2 aromatic heterocycles. The minimum Gasteiger partial charge on any atom is -0.392 e. The third-order valence-corrected chi connectivity index (χ3v) is 8.69. The van der Waals surface area contributed by atoms with Crippen molar-refractivity contribution in [2.24, 2.45) is 23.8 Å². The zero-order valence-electron chi connectivity index (χ0n) is 21.0. The lowest BCUT2D eigenvalue weighted by Gasteiger charge is -2.53. The highest BCUT2D eigenvalue weighted by molar-refractivity contribution is 5.79. The Bertz CT molecular complexity index is 1120. The van der Waals surface area contributed by atoms with E-state index in [1.54, 1.807) is 0 Å². The molecule has 0 saturated carbocycles. The Kier molecular flexibility index (Phi) is 6.16. The van der Waals surface area contributed by atoms with E-state index in [0.717, 1.165) is 36.8 Å². The van der Waals surface area contributed by atoms with Crippen molar-refractivity contribution in [1.29, 1.82) is 0 Å². The molecule has 0 amide bonds. The predicted octanol–water partition coefficient (Wildman–Crippen LogP) is 3.45. The lowest BCUT2D eigenvalue weighted by molar-refractivity contribution is -0.647. The van der Waals surface area contributed by atoms with E-state index in [1.165, 1.54) is 23.0 Å². The number of imidazole rings is 1. The van der Waals surface area contributed by atoms with Crippen LogP contribution in [0.15, 0.2) is 35.4 Å². The second kappa shape index (κ2) is 8.51. The van der Waals surface area contributed by atoms with Gasteiger partial charge in [0.05, 0.1) is 25.8 Å². The zero-order chi connectivity index (χ0) is 24.1. The van der Waals surface area contributed by atoms with Gasteiger partial charge in [-0.3, -0.25) is 4.57 Å². The standard InChI is InChI=1S/C26H40N5O2/c1-16(10-12-31-15-30(6)24-22(31)23(27)28-14-29-24)9-11-26(5)17(2)7-8-18-21(26)19(32)13-20(33)25(18,3)4/h10,14-15,17,19-20,32-33H,7-9,11-13H2,1-6H3,(H2,27,28,29)/q+1. The first-order valence-electron chi connectivity index (χ1n) is 12.2. The SMILES string of the molecule is CC(=CCn1c[n+](C)c2ncnc(N)c21)CCC1(C)C2=C(CCC1C)C(C)(C)C(O)CC2O. The molecule has 0 spiro atoms. The molecule has 2 aliphatic carbocycles. The number of nitrogens with two attached hydrogens (primary N) is 1. The summed E-state index contributed by atoms with van der Waals surface area (Å²) in [6.45, 7) is 11.8. The average Bonchev–Trinajstić information content (AvgIpc) is 3.08. The molecular weight excluding hydrogens is 414 g/mol. The minimum absolute atomic E-state index is 0.0651. The van der Waals surface area contributed by atoms with E-state index in [4.69, 9.17) is 5.73 Å². The van der Waals surface area contributed by atoms with E-state index in [2.05, 4.69) is 55.2 Å². The first kappa shape index (κ1) is 23.9. The topological polar surface area (TPSA) is 101 Å². The quantitative estimate of drug-likeness (QED) is 0.475. The lowest BCUT2D eigenvalue weighted by Crippen LogP contribution is -2.48. The average molecular weight is 455 g/mol. The highest BCUT2D eigenvalue weighted by Crippen LogP contribution is 2.56. The largest absolute Gasteiger partial charge is 0.392 e. The lowest BCUT2D eigenvalue weighted by atomic mass is 9.54. The number of nitrogens with zero attached hydrogens (tertiary/aromatic N) is 4. The maximum Gasteiger partial charge on any atom is 0.307 e. The third kappa shape index (κ3) is 3.99. The second-order valence-electron chi connectivity index (χ2n) is 11.1. The van der Waals surface area contributed by atoms with Crippen molar-refractivity contribution in [3.63, 3.8) is 0 Å². The highest BCUT2D eigenvalue weighted by atomic mass is 16.3. The number of aromatic nitrogens is 4. The predicted molar refractivity (Wildman–Crippen MR) is 130 cm³/mol. The molecule has 0 aliphatic heterocycles. The van der Waals surface area contributed by atoms with Crippen LogP contribution >= 0.6 is 0 Å². The van der Waals surface area contributed by atoms with Crippen molar-refractivity contribution in [1.82, 2.24) is 14.5 Å². The summed E-state index contributed by atoms with van der Waals surface area (Å²) in [4.78, 5) is 8.50. The van der Waals surface area contributed by atoms with E-state index in [9.17, 15) is 10.2 Å². The van der Waals surface area contributed by atoms with Crippen LogP contribution < -0.4 is 10.3 Å². The monoisotopic (exact) mass is 454 g/mol. The number of nitrogen functional groups attached to an aromatic ring is 1. The van der Waals surface area contributed by atoms with Gasteiger partial charge in [-0.25, -0.2) is 4.57 Å². The van der Waals surface area contributed by atoms with Crippen LogP contribution in [0.1, 0.15) is 66.7 Å². The van der Waals surface area contributed by atoms with Gasteiger partial charge in [0.2, 0.25) is 5.52 Å². The van der Waals surface area contributed by atoms with Gasteiger partial charge in [-0.2, -0.15) is 4.98 Å². The van der Waals surface area contributed by atoms with Gasteiger partial charge in [-0.1, -0.05) is 49.9 Å². The van der Waals surface area contributed by atoms with Crippen LogP contribution in [-0.4, -0.2) is 37.0 Å². The van der Waals surface area contributed by atoms with Gasteiger partial charge < -0.3 is 15.9 Å². The van der Waals surface area contributed by atoms with Crippen LogP contribution in [-0.2, 0) is 13.6 Å².